The second kappa shape index (κ2) is 8.24. The first kappa shape index (κ1) is 21.2. The van der Waals surface area contributed by atoms with Crippen molar-refractivity contribution in [1.29, 1.82) is 0 Å². The Balaban J connectivity index is 1.58. The van der Waals surface area contributed by atoms with Crippen LogP contribution < -0.4 is 0 Å². The Morgan fingerprint density at radius 3 is 2.77 bits per heavy atom. The van der Waals surface area contributed by atoms with E-state index in [9.17, 15) is 19.9 Å². The molecule has 4 heterocycles. The van der Waals surface area contributed by atoms with Gasteiger partial charge in [-0.25, -0.2) is 14.5 Å². The maximum atomic E-state index is 10.9. The van der Waals surface area contributed by atoms with Gasteiger partial charge in [0, 0.05) is 0 Å². The quantitative estimate of drug-likeness (QED) is 0.182. The Hall–Kier alpha value is -2.03. The van der Waals surface area contributed by atoms with Crippen molar-refractivity contribution >= 4 is 30.7 Å². The summed E-state index contributed by atoms with van der Waals surface area (Å²) < 4.78 is 27.3. The number of nitrogens with zero attached hydrogens (tertiary/aromatic N) is 4. The highest BCUT2D eigenvalue weighted by atomic mass is 32.2. The van der Waals surface area contributed by atoms with Gasteiger partial charge in [0.1, 0.15) is 24.1 Å². The molecule has 5 N–H and O–H groups in total. The van der Waals surface area contributed by atoms with Crippen LogP contribution >= 0.6 is 19.6 Å². The standard InChI is InChI=1S/C15H17N4O9PS/c20-10-8(4-27-29(23,24)25)28-14(11(10)21)19-6-16-9-12(19)17-15(18-13(9)22)30-5-7-2-1-3-26-7/h1-3,6,8,10-11,14,20-21H,4-5H2,(H,17,18,22)(H2,23,24,25)/t8-,10-,11-,14-/m1/s1. The number of fused-ring (bicyclic) bond motifs is 1. The van der Waals surface area contributed by atoms with Crippen molar-refractivity contribution < 1.29 is 43.3 Å². The number of aromatic hydroxyl groups is 1. The molecular weight excluding hydrogens is 443 g/mol. The number of imidazole rings is 1. The van der Waals surface area contributed by atoms with E-state index < -0.39 is 39.0 Å². The SMILES string of the molecule is O=P(O)(O)OC[C@H]1O[C@@H](n2cnc3c(O)nc(SCc4ccco4)nc32)[C@H](O)[C@@H]1O. The zero-order valence-electron chi connectivity index (χ0n) is 15.0. The predicted octanol–water partition coefficient (Wildman–Crippen LogP) is 0.146. The van der Waals surface area contributed by atoms with Gasteiger partial charge in [-0.2, -0.15) is 4.98 Å². The molecule has 0 bridgehead atoms. The van der Waals surface area contributed by atoms with Gasteiger partial charge in [0.05, 0.1) is 25.0 Å². The van der Waals surface area contributed by atoms with Crippen LogP contribution in [0.4, 0.5) is 0 Å². The Labute approximate surface area is 172 Å². The molecule has 0 aromatic carbocycles. The van der Waals surface area contributed by atoms with Crippen LogP contribution in [0.3, 0.4) is 0 Å². The number of aromatic nitrogens is 4. The first-order valence-electron chi connectivity index (χ1n) is 8.53. The van der Waals surface area contributed by atoms with Crippen molar-refractivity contribution in [3.05, 3.63) is 30.5 Å². The smallest absolute Gasteiger partial charge is 0.469 e. The number of aliphatic hydroxyl groups excluding tert-OH is 2. The van der Waals surface area contributed by atoms with Crippen molar-refractivity contribution in [3.8, 4) is 5.88 Å². The topological polar surface area (TPSA) is 193 Å². The van der Waals surface area contributed by atoms with Crippen LogP contribution in [0.15, 0.2) is 34.3 Å². The molecule has 162 valence electrons. The molecule has 1 aliphatic rings. The second-order valence-electron chi connectivity index (χ2n) is 6.35. The van der Waals surface area contributed by atoms with Crippen LogP contribution in [0.2, 0.25) is 0 Å². The molecule has 1 fully saturated rings. The number of rotatable bonds is 7. The number of hydrogen-bond acceptors (Lipinski definition) is 11. The summed E-state index contributed by atoms with van der Waals surface area (Å²) in [5.74, 6) is 0.715. The van der Waals surface area contributed by atoms with E-state index in [1.807, 2.05) is 0 Å². The molecule has 13 nitrogen and oxygen atoms in total. The summed E-state index contributed by atoms with van der Waals surface area (Å²) in [7, 11) is -4.78. The first-order valence-corrected chi connectivity index (χ1v) is 11.0. The fraction of sp³-hybridized carbons (Fsp3) is 0.400. The maximum absolute atomic E-state index is 10.9. The minimum absolute atomic E-state index is 0.0533. The molecule has 0 aliphatic carbocycles. The highest BCUT2D eigenvalue weighted by Crippen LogP contribution is 2.39. The van der Waals surface area contributed by atoms with Crippen LogP contribution in [-0.4, -0.2) is 69.5 Å². The zero-order chi connectivity index (χ0) is 21.5. The summed E-state index contributed by atoms with van der Waals surface area (Å²) in [5, 5.41) is 30.9. The van der Waals surface area contributed by atoms with Gasteiger partial charge in [-0.3, -0.25) is 9.09 Å². The third kappa shape index (κ3) is 4.36. The number of thioether (sulfide) groups is 1. The molecule has 4 atom stereocenters. The number of phosphoric ester groups is 1. The summed E-state index contributed by atoms with van der Waals surface area (Å²) in [5.41, 5.74) is 0.190. The molecule has 30 heavy (non-hydrogen) atoms. The Morgan fingerprint density at radius 2 is 2.07 bits per heavy atom. The van der Waals surface area contributed by atoms with Gasteiger partial charge in [0.2, 0.25) is 5.88 Å². The van der Waals surface area contributed by atoms with Crippen molar-refractivity contribution in [2.75, 3.05) is 6.61 Å². The number of aliphatic hydroxyl groups is 2. The van der Waals surface area contributed by atoms with E-state index in [-0.39, 0.29) is 22.2 Å². The van der Waals surface area contributed by atoms with Gasteiger partial charge in [-0.15, -0.1) is 0 Å². The van der Waals surface area contributed by atoms with Crippen LogP contribution in [0.5, 0.6) is 5.88 Å². The van der Waals surface area contributed by atoms with Gasteiger partial charge in [0.15, 0.2) is 22.5 Å². The first-order chi connectivity index (χ1) is 14.2. The number of phosphoric acid groups is 1. The number of ether oxygens (including phenoxy) is 1. The number of hydrogen-bond donors (Lipinski definition) is 5. The lowest BCUT2D eigenvalue weighted by Crippen LogP contribution is -2.33. The van der Waals surface area contributed by atoms with E-state index >= 15 is 0 Å². The van der Waals surface area contributed by atoms with Crippen molar-refractivity contribution in [2.24, 2.45) is 0 Å². The predicted molar refractivity (Wildman–Crippen MR) is 99.2 cm³/mol. The van der Waals surface area contributed by atoms with Crippen molar-refractivity contribution in [3.63, 3.8) is 0 Å². The molecule has 0 unspecified atom stereocenters. The maximum Gasteiger partial charge on any atom is 0.469 e. The lowest BCUT2D eigenvalue weighted by atomic mass is 10.1. The van der Waals surface area contributed by atoms with Gasteiger partial charge in [-0.05, 0) is 12.1 Å². The third-order valence-electron chi connectivity index (χ3n) is 4.32. The lowest BCUT2D eigenvalue weighted by molar-refractivity contribution is -0.0504. The Bertz CT molecular complexity index is 1070. The average Bonchev–Trinajstić information content (AvgIpc) is 3.40. The monoisotopic (exact) mass is 460 g/mol. The minimum atomic E-state index is -4.78. The normalized spacial score (nSPS) is 24.7. The summed E-state index contributed by atoms with van der Waals surface area (Å²) in [6.07, 6.45) is -2.58. The molecule has 1 saturated heterocycles. The van der Waals surface area contributed by atoms with Crippen molar-refractivity contribution in [1.82, 2.24) is 19.5 Å². The van der Waals surface area contributed by atoms with Gasteiger partial charge < -0.3 is 34.3 Å². The Morgan fingerprint density at radius 1 is 1.27 bits per heavy atom. The Kier molecular flexibility index (Phi) is 5.83. The molecule has 1 aliphatic heterocycles. The summed E-state index contributed by atoms with van der Waals surface area (Å²) in [6.45, 7) is -0.643. The average molecular weight is 460 g/mol. The summed E-state index contributed by atoms with van der Waals surface area (Å²) in [6, 6.07) is 3.52. The van der Waals surface area contributed by atoms with E-state index in [0.29, 0.717) is 11.5 Å². The van der Waals surface area contributed by atoms with Crippen LogP contribution in [0, 0.1) is 0 Å². The molecule has 3 aromatic rings. The minimum Gasteiger partial charge on any atom is -0.492 e. The highest BCUT2D eigenvalue weighted by Gasteiger charge is 2.45. The van der Waals surface area contributed by atoms with Crippen LogP contribution in [-0.2, 0) is 19.6 Å². The van der Waals surface area contributed by atoms with E-state index in [4.69, 9.17) is 18.9 Å². The molecule has 0 radical (unpaired) electrons. The number of furan rings is 1. The van der Waals surface area contributed by atoms with E-state index in [1.54, 1.807) is 12.1 Å². The third-order valence-corrected chi connectivity index (χ3v) is 5.68. The van der Waals surface area contributed by atoms with E-state index in [2.05, 4.69) is 19.5 Å². The molecule has 4 rings (SSSR count). The van der Waals surface area contributed by atoms with Crippen molar-refractivity contribution in [2.45, 2.75) is 35.4 Å². The zero-order valence-corrected chi connectivity index (χ0v) is 16.8. The summed E-state index contributed by atoms with van der Waals surface area (Å²) >= 11 is 1.20. The van der Waals surface area contributed by atoms with E-state index in [1.165, 1.54) is 28.9 Å². The fourth-order valence-corrected chi connectivity index (χ4v) is 4.01. The molecular formula is C15H17N4O9PS. The van der Waals surface area contributed by atoms with Gasteiger partial charge >= 0.3 is 7.82 Å². The second-order valence-corrected chi connectivity index (χ2v) is 8.54. The van der Waals surface area contributed by atoms with Gasteiger partial charge in [-0.1, -0.05) is 11.8 Å². The fourth-order valence-electron chi connectivity index (χ4n) is 2.93. The van der Waals surface area contributed by atoms with Crippen LogP contribution in [0.25, 0.3) is 11.2 Å². The molecule has 0 spiro atoms. The lowest BCUT2D eigenvalue weighted by Gasteiger charge is -2.16. The molecule has 0 amide bonds. The van der Waals surface area contributed by atoms with Gasteiger partial charge in [0.25, 0.3) is 0 Å². The largest absolute Gasteiger partial charge is 0.492 e. The molecule has 3 aromatic heterocycles. The molecule has 0 saturated carbocycles. The van der Waals surface area contributed by atoms with Crippen LogP contribution in [0.1, 0.15) is 12.0 Å². The highest BCUT2D eigenvalue weighted by molar-refractivity contribution is 7.98. The van der Waals surface area contributed by atoms with E-state index in [0.717, 1.165) is 0 Å². The molecule has 15 heteroatoms. The summed E-state index contributed by atoms with van der Waals surface area (Å²) in [4.78, 5) is 30.0.